The Balaban J connectivity index is 2.03. The molecule has 4 nitrogen and oxygen atoms in total. The number of rotatable bonds is 11. The maximum Gasteiger partial charge on any atom is 0.317 e. The molecule has 0 fully saturated rings. The highest BCUT2D eigenvalue weighted by molar-refractivity contribution is 5.91. The highest BCUT2D eigenvalue weighted by atomic mass is 16.6. The van der Waals surface area contributed by atoms with Crippen molar-refractivity contribution in [3.63, 3.8) is 0 Å². The van der Waals surface area contributed by atoms with E-state index < -0.39 is 11.9 Å². The van der Waals surface area contributed by atoms with E-state index in [0.717, 1.165) is 18.4 Å². The molecule has 1 aromatic carbocycles. The minimum absolute atomic E-state index is 0.185. The van der Waals surface area contributed by atoms with Gasteiger partial charge in [0, 0.05) is 0 Å². The van der Waals surface area contributed by atoms with Gasteiger partial charge in [0.25, 0.3) is 0 Å². The smallest absolute Gasteiger partial charge is 0.317 e. The van der Waals surface area contributed by atoms with Gasteiger partial charge in [-0.3, -0.25) is 9.59 Å². The summed E-state index contributed by atoms with van der Waals surface area (Å²) in [5.74, 6) is -1.05. The van der Waals surface area contributed by atoms with Crippen molar-refractivity contribution >= 4 is 11.9 Å². The summed E-state index contributed by atoms with van der Waals surface area (Å²) in [4.78, 5) is 23.0. The highest BCUT2D eigenvalue weighted by Crippen LogP contribution is 2.06. The molecule has 0 aromatic heterocycles. The first kappa shape index (κ1) is 18.2. The van der Waals surface area contributed by atoms with Gasteiger partial charge in [0.15, 0.2) is 0 Å². The van der Waals surface area contributed by atoms with E-state index in [2.05, 4.69) is 6.92 Å². The van der Waals surface area contributed by atoms with E-state index in [4.69, 9.17) is 9.47 Å². The average Bonchev–Trinajstić information content (AvgIpc) is 2.53. The van der Waals surface area contributed by atoms with Crippen LogP contribution in [0.1, 0.15) is 57.4 Å². The number of carbonyl (C=O) groups excluding carboxylic acids is 2. The molecular formula is C18H26O4. The Morgan fingerprint density at radius 1 is 0.864 bits per heavy atom. The Hall–Kier alpha value is -1.84. The van der Waals surface area contributed by atoms with Gasteiger partial charge in [0.2, 0.25) is 0 Å². The zero-order valence-electron chi connectivity index (χ0n) is 13.4. The molecule has 0 radical (unpaired) electrons. The van der Waals surface area contributed by atoms with Crippen LogP contribution >= 0.6 is 0 Å². The number of hydrogen-bond donors (Lipinski definition) is 0. The van der Waals surface area contributed by atoms with E-state index >= 15 is 0 Å². The molecule has 122 valence electrons. The average molecular weight is 306 g/mol. The monoisotopic (exact) mass is 306 g/mol. The van der Waals surface area contributed by atoms with Crippen molar-refractivity contribution in [2.75, 3.05) is 6.61 Å². The zero-order valence-corrected chi connectivity index (χ0v) is 13.4. The van der Waals surface area contributed by atoms with Gasteiger partial charge in [-0.15, -0.1) is 0 Å². The van der Waals surface area contributed by atoms with Crippen molar-refractivity contribution in [2.24, 2.45) is 0 Å². The first-order valence-corrected chi connectivity index (χ1v) is 8.07. The van der Waals surface area contributed by atoms with Gasteiger partial charge in [0.05, 0.1) is 6.61 Å². The third-order valence-corrected chi connectivity index (χ3v) is 3.29. The summed E-state index contributed by atoms with van der Waals surface area (Å²) in [6.45, 7) is 2.75. The van der Waals surface area contributed by atoms with Crippen molar-refractivity contribution in [2.45, 2.75) is 58.5 Å². The quantitative estimate of drug-likeness (QED) is 0.352. The minimum Gasteiger partial charge on any atom is -0.465 e. The summed E-state index contributed by atoms with van der Waals surface area (Å²) >= 11 is 0. The lowest BCUT2D eigenvalue weighted by Crippen LogP contribution is -2.14. The molecule has 22 heavy (non-hydrogen) atoms. The van der Waals surface area contributed by atoms with Crippen molar-refractivity contribution in [1.82, 2.24) is 0 Å². The van der Waals surface area contributed by atoms with Crippen LogP contribution < -0.4 is 0 Å². The molecule has 1 rings (SSSR count). The maximum atomic E-state index is 11.5. The molecule has 0 aliphatic heterocycles. The normalized spacial score (nSPS) is 10.2. The topological polar surface area (TPSA) is 52.6 Å². The molecular weight excluding hydrogens is 280 g/mol. The lowest BCUT2D eigenvalue weighted by molar-refractivity contribution is -0.155. The van der Waals surface area contributed by atoms with Crippen molar-refractivity contribution in [3.05, 3.63) is 35.9 Å². The second-order valence-electron chi connectivity index (χ2n) is 5.31. The van der Waals surface area contributed by atoms with Gasteiger partial charge in [-0.05, 0) is 12.0 Å². The second kappa shape index (κ2) is 11.8. The van der Waals surface area contributed by atoms with Crippen LogP contribution in [-0.2, 0) is 25.7 Å². The van der Waals surface area contributed by atoms with Crippen LogP contribution in [0.4, 0.5) is 0 Å². The fourth-order valence-corrected chi connectivity index (χ4v) is 2.03. The number of benzene rings is 1. The predicted octanol–water partition coefficient (Wildman–Crippen LogP) is 4.02. The molecule has 0 saturated carbocycles. The van der Waals surface area contributed by atoms with Crippen LogP contribution in [0, 0.1) is 0 Å². The first-order valence-electron chi connectivity index (χ1n) is 8.07. The lowest BCUT2D eigenvalue weighted by atomic mass is 10.1. The second-order valence-corrected chi connectivity index (χ2v) is 5.31. The van der Waals surface area contributed by atoms with E-state index in [1.165, 1.54) is 25.7 Å². The molecule has 0 unspecified atom stereocenters. The molecule has 1 aromatic rings. The molecule has 0 saturated heterocycles. The van der Waals surface area contributed by atoms with Crippen LogP contribution in [0.3, 0.4) is 0 Å². The molecule has 0 aliphatic carbocycles. The van der Waals surface area contributed by atoms with E-state index in [1.807, 2.05) is 30.3 Å². The van der Waals surface area contributed by atoms with E-state index in [0.29, 0.717) is 6.61 Å². The molecule has 0 N–H and O–H groups in total. The van der Waals surface area contributed by atoms with Gasteiger partial charge >= 0.3 is 11.9 Å². The Morgan fingerprint density at radius 3 is 2.23 bits per heavy atom. The van der Waals surface area contributed by atoms with Crippen molar-refractivity contribution < 1.29 is 19.1 Å². The standard InChI is InChI=1S/C18H26O4/c1-2-3-4-5-6-10-13-21-17(19)14-18(20)22-15-16-11-8-7-9-12-16/h7-9,11-12H,2-6,10,13-15H2,1H3. The molecule has 0 aliphatic rings. The van der Waals surface area contributed by atoms with Gasteiger partial charge in [-0.25, -0.2) is 0 Å². The van der Waals surface area contributed by atoms with Gasteiger partial charge in [-0.2, -0.15) is 0 Å². The lowest BCUT2D eigenvalue weighted by Gasteiger charge is -2.06. The largest absolute Gasteiger partial charge is 0.465 e. The Morgan fingerprint density at radius 2 is 1.50 bits per heavy atom. The summed E-state index contributed by atoms with van der Waals surface area (Å²) in [6, 6.07) is 9.37. The van der Waals surface area contributed by atoms with Crippen molar-refractivity contribution in [3.8, 4) is 0 Å². The summed E-state index contributed by atoms with van der Waals surface area (Å²) in [6.07, 6.45) is 6.48. The van der Waals surface area contributed by atoms with Crippen LogP contribution in [-0.4, -0.2) is 18.5 Å². The number of carbonyl (C=O) groups is 2. The highest BCUT2D eigenvalue weighted by Gasteiger charge is 2.12. The Labute approximate surface area is 132 Å². The Bertz CT molecular complexity index is 428. The maximum absolute atomic E-state index is 11.5. The number of unbranched alkanes of at least 4 members (excludes halogenated alkanes) is 5. The summed E-state index contributed by atoms with van der Waals surface area (Å²) in [7, 11) is 0. The summed E-state index contributed by atoms with van der Waals surface area (Å²) < 4.78 is 10.1. The molecule has 0 atom stereocenters. The Kier molecular flexibility index (Phi) is 9.75. The van der Waals surface area contributed by atoms with Crippen molar-refractivity contribution in [1.29, 1.82) is 0 Å². The molecule has 0 spiro atoms. The van der Waals surface area contributed by atoms with E-state index in [9.17, 15) is 9.59 Å². The van der Waals surface area contributed by atoms with Crippen LogP contribution in [0.2, 0.25) is 0 Å². The minimum atomic E-state index is -0.545. The van der Waals surface area contributed by atoms with Gasteiger partial charge in [0.1, 0.15) is 13.0 Å². The zero-order chi connectivity index (χ0) is 16.0. The van der Waals surface area contributed by atoms with Gasteiger partial charge in [-0.1, -0.05) is 69.4 Å². The number of ether oxygens (including phenoxy) is 2. The third kappa shape index (κ3) is 9.16. The summed E-state index contributed by atoms with van der Waals surface area (Å²) in [5, 5.41) is 0. The fourth-order valence-electron chi connectivity index (χ4n) is 2.03. The van der Waals surface area contributed by atoms with Crippen LogP contribution in [0.25, 0.3) is 0 Å². The molecule has 0 heterocycles. The molecule has 0 amide bonds. The van der Waals surface area contributed by atoms with E-state index in [-0.39, 0.29) is 13.0 Å². The number of esters is 2. The third-order valence-electron chi connectivity index (χ3n) is 3.29. The van der Waals surface area contributed by atoms with Crippen LogP contribution in [0.5, 0.6) is 0 Å². The SMILES string of the molecule is CCCCCCCCOC(=O)CC(=O)OCc1ccccc1. The first-order chi connectivity index (χ1) is 10.7. The molecule has 4 heteroatoms. The summed E-state index contributed by atoms with van der Waals surface area (Å²) in [5.41, 5.74) is 0.899. The number of hydrogen-bond acceptors (Lipinski definition) is 4. The molecule has 0 bridgehead atoms. The van der Waals surface area contributed by atoms with E-state index in [1.54, 1.807) is 0 Å². The fraction of sp³-hybridized carbons (Fsp3) is 0.556. The van der Waals surface area contributed by atoms with Gasteiger partial charge < -0.3 is 9.47 Å². The predicted molar refractivity (Wildman–Crippen MR) is 85.2 cm³/mol. The van der Waals surface area contributed by atoms with Crippen LogP contribution in [0.15, 0.2) is 30.3 Å².